The van der Waals surface area contributed by atoms with Crippen molar-refractivity contribution in [3.63, 3.8) is 0 Å². The molecule has 0 radical (unpaired) electrons. The Hall–Kier alpha value is -3.23. The number of nitrogens with one attached hydrogen (secondary N) is 1. The smallest absolute Gasteiger partial charge is 0.338 e. The zero-order valence-corrected chi connectivity index (χ0v) is 16.6. The molecule has 150 valence electrons. The van der Waals surface area contributed by atoms with Crippen LogP contribution in [0.15, 0.2) is 24.3 Å². The van der Waals surface area contributed by atoms with Crippen molar-refractivity contribution in [3.05, 3.63) is 56.9 Å². The minimum atomic E-state index is -0.600. The van der Waals surface area contributed by atoms with E-state index in [1.165, 1.54) is 0 Å². The number of rotatable bonds is 6. The average Bonchev–Trinajstić information content (AvgIpc) is 2.85. The Morgan fingerprint density at radius 1 is 1.21 bits per heavy atom. The molecule has 0 unspecified atom stereocenters. The van der Waals surface area contributed by atoms with Crippen molar-refractivity contribution < 1.29 is 19.2 Å². The summed E-state index contributed by atoms with van der Waals surface area (Å²) in [7, 11) is 0. The van der Waals surface area contributed by atoms with Crippen LogP contribution >= 0.6 is 0 Å². The second-order valence-corrected chi connectivity index (χ2v) is 7.51. The van der Waals surface area contributed by atoms with Crippen molar-refractivity contribution in [1.82, 2.24) is 15.1 Å². The largest absolute Gasteiger partial charge is 0.452 e. The molecule has 0 aliphatic heterocycles. The summed E-state index contributed by atoms with van der Waals surface area (Å²) in [4.78, 5) is 34.4. The van der Waals surface area contributed by atoms with Crippen LogP contribution in [0.5, 0.6) is 0 Å². The molecule has 28 heavy (non-hydrogen) atoms. The Morgan fingerprint density at radius 2 is 1.82 bits per heavy atom. The number of nitrogens with zero attached hydrogens (tertiary/aromatic N) is 3. The van der Waals surface area contributed by atoms with Crippen LogP contribution in [0.25, 0.3) is 0 Å². The van der Waals surface area contributed by atoms with Crippen LogP contribution in [-0.4, -0.2) is 38.7 Å². The van der Waals surface area contributed by atoms with Gasteiger partial charge in [0.05, 0.1) is 17.0 Å². The first-order valence-electron chi connectivity index (χ1n) is 8.73. The SMILES string of the molecule is Cc1nn(Cc2ccc(C(=O)OCC(=O)NC(C)(C)C)cc2)c(C)c1[N+](=O)[O-]. The quantitative estimate of drug-likeness (QED) is 0.462. The van der Waals surface area contributed by atoms with Gasteiger partial charge in [0, 0.05) is 5.54 Å². The highest BCUT2D eigenvalue weighted by molar-refractivity contribution is 5.91. The Kier molecular flexibility index (Phi) is 6.17. The van der Waals surface area contributed by atoms with Crippen LogP contribution in [0.3, 0.4) is 0 Å². The van der Waals surface area contributed by atoms with Crippen LogP contribution in [0.4, 0.5) is 5.69 Å². The van der Waals surface area contributed by atoms with Gasteiger partial charge in [0.1, 0.15) is 11.4 Å². The van der Waals surface area contributed by atoms with Gasteiger partial charge in [0.2, 0.25) is 0 Å². The summed E-state index contributed by atoms with van der Waals surface area (Å²) in [5.74, 6) is -0.971. The fourth-order valence-electron chi connectivity index (χ4n) is 2.69. The fourth-order valence-corrected chi connectivity index (χ4v) is 2.69. The first-order chi connectivity index (χ1) is 13.0. The summed E-state index contributed by atoms with van der Waals surface area (Å²) in [5.41, 5.74) is 1.57. The summed E-state index contributed by atoms with van der Waals surface area (Å²) in [5, 5.41) is 18.0. The third-order valence-electron chi connectivity index (χ3n) is 3.90. The molecule has 0 aliphatic rings. The Balaban J connectivity index is 2.00. The second kappa shape index (κ2) is 8.20. The van der Waals surface area contributed by atoms with Gasteiger partial charge in [-0.15, -0.1) is 0 Å². The van der Waals surface area contributed by atoms with E-state index >= 15 is 0 Å². The van der Waals surface area contributed by atoms with E-state index < -0.39 is 16.4 Å². The van der Waals surface area contributed by atoms with Gasteiger partial charge < -0.3 is 10.1 Å². The van der Waals surface area contributed by atoms with E-state index in [1.807, 2.05) is 20.8 Å². The number of amides is 1. The van der Waals surface area contributed by atoms with Crippen molar-refractivity contribution in [2.24, 2.45) is 0 Å². The maximum absolute atomic E-state index is 12.1. The number of esters is 1. The molecule has 0 fully saturated rings. The van der Waals surface area contributed by atoms with Crippen LogP contribution in [0, 0.1) is 24.0 Å². The lowest BCUT2D eigenvalue weighted by atomic mass is 10.1. The van der Waals surface area contributed by atoms with Crippen molar-refractivity contribution >= 4 is 17.6 Å². The minimum absolute atomic E-state index is 0.00808. The molecule has 0 aliphatic carbocycles. The summed E-state index contributed by atoms with van der Waals surface area (Å²) >= 11 is 0. The lowest BCUT2D eigenvalue weighted by Crippen LogP contribution is -2.42. The maximum atomic E-state index is 12.1. The number of ether oxygens (including phenoxy) is 1. The molecule has 9 nitrogen and oxygen atoms in total. The van der Waals surface area contributed by atoms with Gasteiger partial charge in [0.25, 0.3) is 5.91 Å². The Labute approximate surface area is 162 Å². The predicted molar refractivity (Wildman–Crippen MR) is 102 cm³/mol. The number of carbonyl (C=O) groups is 2. The van der Waals surface area contributed by atoms with Gasteiger partial charge >= 0.3 is 11.7 Å². The van der Waals surface area contributed by atoms with Crippen molar-refractivity contribution in [3.8, 4) is 0 Å². The molecule has 1 heterocycles. The molecule has 0 bridgehead atoms. The van der Waals surface area contributed by atoms with Crippen molar-refractivity contribution in [2.45, 2.75) is 46.7 Å². The molecule has 9 heteroatoms. The average molecular weight is 388 g/mol. The van der Waals surface area contributed by atoms with Crippen molar-refractivity contribution in [2.75, 3.05) is 6.61 Å². The first-order valence-corrected chi connectivity index (χ1v) is 8.73. The van der Waals surface area contributed by atoms with E-state index in [-0.39, 0.29) is 18.2 Å². The van der Waals surface area contributed by atoms with Gasteiger partial charge in [-0.2, -0.15) is 5.10 Å². The number of nitro groups is 1. The minimum Gasteiger partial charge on any atom is -0.452 e. The molecule has 0 saturated heterocycles. The zero-order valence-electron chi connectivity index (χ0n) is 16.6. The second-order valence-electron chi connectivity index (χ2n) is 7.51. The Morgan fingerprint density at radius 3 is 2.32 bits per heavy atom. The fraction of sp³-hybridized carbons (Fsp3) is 0.421. The maximum Gasteiger partial charge on any atom is 0.338 e. The number of aryl methyl sites for hydroxylation is 1. The van der Waals surface area contributed by atoms with Crippen LogP contribution < -0.4 is 5.32 Å². The first kappa shape index (κ1) is 21.1. The highest BCUT2D eigenvalue weighted by Gasteiger charge is 2.22. The molecular weight excluding hydrogens is 364 g/mol. The standard InChI is InChI=1S/C19H24N4O5/c1-12-17(23(26)27)13(2)22(21-12)10-14-6-8-15(9-7-14)18(25)28-11-16(24)20-19(3,4)5/h6-9H,10-11H2,1-5H3,(H,20,24). The highest BCUT2D eigenvalue weighted by atomic mass is 16.6. The molecule has 0 spiro atoms. The molecule has 1 aromatic carbocycles. The van der Waals surface area contributed by atoms with Gasteiger partial charge in [-0.05, 0) is 52.3 Å². The van der Waals surface area contributed by atoms with Gasteiger partial charge in [0.15, 0.2) is 6.61 Å². The summed E-state index contributed by atoms with van der Waals surface area (Å²) in [6.07, 6.45) is 0. The molecule has 0 saturated carbocycles. The molecular formula is C19H24N4O5. The lowest BCUT2D eigenvalue weighted by molar-refractivity contribution is -0.386. The molecule has 1 amide bonds. The number of hydrogen-bond acceptors (Lipinski definition) is 6. The van der Waals surface area contributed by atoms with E-state index in [9.17, 15) is 19.7 Å². The summed E-state index contributed by atoms with van der Waals surface area (Å²) < 4.78 is 6.57. The molecule has 1 aromatic heterocycles. The van der Waals surface area contributed by atoms with E-state index in [1.54, 1.807) is 42.8 Å². The summed E-state index contributed by atoms with van der Waals surface area (Å²) in [6.45, 7) is 8.73. The molecule has 2 aromatic rings. The number of hydrogen-bond donors (Lipinski definition) is 1. The summed E-state index contributed by atoms with van der Waals surface area (Å²) in [6, 6.07) is 6.60. The molecule has 2 rings (SSSR count). The van der Waals surface area contributed by atoms with Gasteiger partial charge in [-0.3, -0.25) is 19.6 Å². The van der Waals surface area contributed by atoms with E-state index in [0.29, 0.717) is 23.5 Å². The number of benzene rings is 1. The molecule has 1 N–H and O–H groups in total. The van der Waals surface area contributed by atoms with E-state index in [2.05, 4.69) is 10.4 Å². The predicted octanol–water partition coefficient (Wildman–Crippen LogP) is 2.53. The zero-order chi connectivity index (χ0) is 21.1. The van der Waals surface area contributed by atoms with Gasteiger partial charge in [-0.25, -0.2) is 4.79 Å². The van der Waals surface area contributed by atoms with Gasteiger partial charge in [-0.1, -0.05) is 12.1 Å². The molecule has 0 atom stereocenters. The highest BCUT2D eigenvalue weighted by Crippen LogP contribution is 2.22. The van der Waals surface area contributed by atoms with E-state index in [4.69, 9.17) is 4.74 Å². The topological polar surface area (TPSA) is 116 Å². The Bertz CT molecular complexity index is 894. The van der Waals surface area contributed by atoms with Crippen LogP contribution in [-0.2, 0) is 16.1 Å². The monoisotopic (exact) mass is 388 g/mol. The van der Waals surface area contributed by atoms with E-state index in [0.717, 1.165) is 5.56 Å². The third-order valence-corrected chi connectivity index (χ3v) is 3.90. The third kappa shape index (κ3) is 5.38. The van der Waals surface area contributed by atoms with Crippen LogP contribution in [0.1, 0.15) is 48.1 Å². The number of carbonyl (C=O) groups excluding carboxylic acids is 2. The van der Waals surface area contributed by atoms with Crippen LogP contribution in [0.2, 0.25) is 0 Å². The normalized spacial score (nSPS) is 11.2. The number of aromatic nitrogens is 2. The van der Waals surface area contributed by atoms with Crippen molar-refractivity contribution in [1.29, 1.82) is 0 Å². The lowest BCUT2D eigenvalue weighted by Gasteiger charge is -2.20.